The van der Waals surface area contributed by atoms with Gasteiger partial charge in [-0.1, -0.05) is 84.5 Å². The van der Waals surface area contributed by atoms with Gasteiger partial charge in [0.15, 0.2) is 0 Å². The molecule has 0 aromatic heterocycles. The fourth-order valence-corrected chi connectivity index (χ4v) is 5.23. The monoisotopic (exact) mass is 440 g/mol. The molecule has 4 aromatic carbocycles. The van der Waals surface area contributed by atoms with Crippen molar-refractivity contribution < 1.29 is 13.0 Å². The van der Waals surface area contributed by atoms with Gasteiger partial charge < -0.3 is 0 Å². The standard InChI is InChI=1S/C18H16.C10H8O3S/c1-3-7-15-13(5-1)9-11-18-16-8-4-2-6-14(16)10-12-17(15)18;11-14(12,13)10-6-5-8-3-1-2-4-9(8)7-10/h1,3-5,7-9,11H,2,6,10,12H2;1-7H,(H,11,12,13). The van der Waals surface area contributed by atoms with Crippen LogP contribution in [-0.4, -0.2) is 13.0 Å². The van der Waals surface area contributed by atoms with Crippen LogP contribution in [0.5, 0.6) is 0 Å². The Kier molecular flexibility index (Phi) is 5.41. The van der Waals surface area contributed by atoms with Crippen LogP contribution >= 0.6 is 0 Å². The predicted octanol–water partition coefficient (Wildman–Crippen LogP) is 6.98. The van der Waals surface area contributed by atoms with Crippen molar-refractivity contribution in [2.45, 2.75) is 30.6 Å². The van der Waals surface area contributed by atoms with E-state index in [1.165, 1.54) is 59.7 Å². The highest BCUT2D eigenvalue weighted by Crippen LogP contribution is 2.39. The topological polar surface area (TPSA) is 54.4 Å². The minimum atomic E-state index is -4.09. The first kappa shape index (κ1) is 20.7. The van der Waals surface area contributed by atoms with Crippen LogP contribution in [0.4, 0.5) is 0 Å². The molecule has 2 aliphatic carbocycles. The zero-order valence-corrected chi connectivity index (χ0v) is 18.5. The first-order valence-electron chi connectivity index (χ1n) is 10.9. The zero-order valence-electron chi connectivity index (χ0n) is 17.7. The summed E-state index contributed by atoms with van der Waals surface area (Å²) in [5, 5.41) is 4.56. The molecular weight excluding hydrogens is 416 g/mol. The van der Waals surface area contributed by atoms with E-state index < -0.39 is 10.1 Å². The minimum absolute atomic E-state index is 0.0730. The summed E-state index contributed by atoms with van der Waals surface area (Å²) in [6.07, 6.45) is 9.61. The molecule has 4 heteroatoms. The summed E-state index contributed by atoms with van der Waals surface area (Å²) in [7, 11) is -4.09. The average Bonchev–Trinajstić information content (AvgIpc) is 2.83. The average molecular weight is 441 g/mol. The molecule has 0 amide bonds. The summed E-state index contributed by atoms with van der Waals surface area (Å²) in [6, 6.07) is 25.2. The maximum Gasteiger partial charge on any atom is 0.294 e. The van der Waals surface area contributed by atoms with Crippen LogP contribution in [0.2, 0.25) is 0 Å². The first-order valence-corrected chi connectivity index (χ1v) is 12.3. The summed E-state index contributed by atoms with van der Waals surface area (Å²) in [4.78, 5) is -0.0730. The normalized spacial score (nSPS) is 15.2. The van der Waals surface area contributed by atoms with E-state index in [-0.39, 0.29) is 4.90 Å². The third-order valence-electron chi connectivity index (χ3n) is 6.30. The van der Waals surface area contributed by atoms with Gasteiger partial charge in [-0.15, -0.1) is 0 Å². The maximum atomic E-state index is 10.8. The van der Waals surface area contributed by atoms with E-state index in [1.807, 2.05) is 18.2 Å². The molecule has 1 N–H and O–H groups in total. The van der Waals surface area contributed by atoms with Crippen molar-refractivity contribution in [1.29, 1.82) is 0 Å². The van der Waals surface area contributed by atoms with E-state index in [2.05, 4.69) is 48.6 Å². The number of hydrogen-bond acceptors (Lipinski definition) is 2. The molecule has 0 aliphatic heterocycles. The minimum Gasteiger partial charge on any atom is -0.282 e. The van der Waals surface area contributed by atoms with Crippen molar-refractivity contribution in [3.8, 4) is 0 Å². The Labute approximate surface area is 188 Å². The van der Waals surface area contributed by atoms with Gasteiger partial charge in [0.1, 0.15) is 0 Å². The fraction of sp³-hybridized carbons (Fsp3) is 0.143. The maximum absolute atomic E-state index is 10.8. The molecular formula is C28H24O3S. The molecule has 4 aromatic rings. The molecule has 0 heterocycles. The van der Waals surface area contributed by atoms with Crippen LogP contribution in [0.3, 0.4) is 0 Å². The largest absolute Gasteiger partial charge is 0.294 e. The van der Waals surface area contributed by atoms with E-state index in [9.17, 15) is 8.42 Å². The lowest BCUT2D eigenvalue weighted by Gasteiger charge is -2.25. The number of aryl methyl sites for hydroxylation is 1. The number of allylic oxidation sites excluding steroid dienone is 4. The molecule has 0 radical (unpaired) electrons. The predicted molar refractivity (Wildman–Crippen MR) is 131 cm³/mol. The van der Waals surface area contributed by atoms with Crippen LogP contribution < -0.4 is 0 Å². The van der Waals surface area contributed by atoms with Gasteiger partial charge in [-0.3, -0.25) is 4.55 Å². The van der Waals surface area contributed by atoms with Crippen LogP contribution in [-0.2, 0) is 16.5 Å². The van der Waals surface area contributed by atoms with E-state index in [1.54, 1.807) is 23.3 Å². The van der Waals surface area contributed by atoms with Crippen molar-refractivity contribution in [3.05, 3.63) is 108 Å². The SMILES string of the molecule is C1=CC2=C(CC1)CCc1c2ccc2ccccc12.O=S(=O)(O)c1ccc2ccccc2c1. The molecule has 0 saturated heterocycles. The van der Waals surface area contributed by atoms with Gasteiger partial charge >= 0.3 is 0 Å². The van der Waals surface area contributed by atoms with Crippen molar-refractivity contribution in [2.75, 3.05) is 0 Å². The third kappa shape index (κ3) is 3.99. The molecule has 6 rings (SSSR count). The second kappa shape index (κ2) is 8.38. The molecule has 0 saturated carbocycles. The molecule has 160 valence electrons. The summed E-state index contributed by atoms with van der Waals surface area (Å²) < 4.78 is 30.5. The van der Waals surface area contributed by atoms with Gasteiger partial charge in [0.05, 0.1) is 4.90 Å². The molecule has 0 unspecified atom stereocenters. The lowest BCUT2D eigenvalue weighted by atomic mass is 9.80. The number of hydrogen-bond donors (Lipinski definition) is 1. The van der Waals surface area contributed by atoms with Gasteiger partial charge in [-0.25, -0.2) is 0 Å². The Morgan fingerprint density at radius 1 is 0.719 bits per heavy atom. The molecule has 0 bridgehead atoms. The Hall–Kier alpha value is -3.21. The van der Waals surface area contributed by atoms with Crippen LogP contribution in [0.1, 0.15) is 30.4 Å². The highest BCUT2D eigenvalue weighted by atomic mass is 32.2. The van der Waals surface area contributed by atoms with Crippen molar-refractivity contribution in [2.24, 2.45) is 0 Å². The quantitative estimate of drug-likeness (QED) is 0.325. The van der Waals surface area contributed by atoms with Gasteiger partial charge in [0.2, 0.25) is 0 Å². The van der Waals surface area contributed by atoms with Crippen molar-refractivity contribution >= 4 is 37.2 Å². The third-order valence-corrected chi connectivity index (χ3v) is 7.15. The molecule has 32 heavy (non-hydrogen) atoms. The van der Waals surface area contributed by atoms with Crippen LogP contribution in [0.25, 0.3) is 27.1 Å². The number of benzene rings is 4. The fourth-order valence-electron chi connectivity index (χ4n) is 4.71. The van der Waals surface area contributed by atoms with Crippen molar-refractivity contribution in [3.63, 3.8) is 0 Å². The Morgan fingerprint density at radius 2 is 1.44 bits per heavy atom. The molecule has 2 aliphatic rings. The van der Waals surface area contributed by atoms with E-state index >= 15 is 0 Å². The van der Waals surface area contributed by atoms with Gasteiger partial charge in [-0.05, 0) is 76.1 Å². The number of rotatable bonds is 1. The van der Waals surface area contributed by atoms with Gasteiger partial charge in [0, 0.05) is 0 Å². The second-order valence-corrected chi connectivity index (χ2v) is 9.68. The van der Waals surface area contributed by atoms with Gasteiger partial charge in [0.25, 0.3) is 10.1 Å². The smallest absolute Gasteiger partial charge is 0.282 e. The van der Waals surface area contributed by atoms with Crippen LogP contribution in [0, 0.1) is 0 Å². The summed E-state index contributed by atoms with van der Waals surface area (Å²) in [6.45, 7) is 0. The van der Waals surface area contributed by atoms with Crippen LogP contribution in [0.15, 0.2) is 101 Å². The summed E-state index contributed by atoms with van der Waals surface area (Å²) >= 11 is 0. The van der Waals surface area contributed by atoms with E-state index in [4.69, 9.17) is 4.55 Å². The van der Waals surface area contributed by atoms with E-state index in [0.717, 1.165) is 10.8 Å². The lowest BCUT2D eigenvalue weighted by molar-refractivity contribution is 0.483. The number of fused-ring (bicyclic) bond motifs is 5. The lowest BCUT2D eigenvalue weighted by Crippen LogP contribution is -2.06. The Balaban J connectivity index is 0.000000140. The summed E-state index contributed by atoms with van der Waals surface area (Å²) in [5.41, 5.74) is 6.21. The van der Waals surface area contributed by atoms with Gasteiger partial charge in [-0.2, -0.15) is 8.42 Å². The molecule has 0 fully saturated rings. The first-order chi connectivity index (χ1) is 15.5. The molecule has 0 atom stereocenters. The van der Waals surface area contributed by atoms with Crippen molar-refractivity contribution in [1.82, 2.24) is 0 Å². The Bertz CT molecular complexity index is 1490. The summed E-state index contributed by atoms with van der Waals surface area (Å²) in [5.74, 6) is 0. The Morgan fingerprint density at radius 3 is 2.25 bits per heavy atom. The highest BCUT2D eigenvalue weighted by molar-refractivity contribution is 7.85. The zero-order chi connectivity index (χ0) is 22.1. The second-order valence-electron chi connectivity index (χ2n) is 8.26. The van der Waals surface area contributed by atoms with E-state index in [0.29, 0.717) is 0 Å². The molecule has 3 nitrogen and oxygen atoms in total. The highest BCUT2D eigenvalue weighted by Gasteiger charge is 2.20. The molecule has 0 spiro atoms.